The molecule has 1 aromatic heterocycles. The predicted octanol–water partition coefficient (Wildman–Crippen LogP) is 4.39. The highest BCUT2D eigenvalue weighted by atomic mass is 19.4. The smallest absolute Gasteiger partial charge is 0.260 e. The molecule has 0 bridgehead atoms. The number of halogens is 4. The number of nitrogens with zero attached hydrogens (tertiary/aromatic N) is 1. The summed E-state index contributed by atoms with van der Waals surface area (Å²) in [6, 6.07) is 6.80. The molecule has 0 fully saturated rings. The number of benzene rings is 1. The largest absolute Gasteiger partial charge is 0.418 e. The molecule has 2 aromatic rings. The first kappa shape index (κ1) is 14.5. The van der Waals surface area contributed by atoms with Crippen molar-refractivity contribution in [3.05, 3.63) is 64.7 Å². The molecule has 0 N–H and O–H groups in total. The van der Waals surface area contributed by atoms with Crippen LogP contribution in [0, 0.1) is 5.82 Å². The number of hydrogen-bond donors (Lipinski definition) is 0. The van der Waals surface area contributed by atoms with E-state index in [1.807, 2.05) is 0 Å². The molecule has 1 heterocycles. The SMILES string of the molecule is CCc1ncc(Cc2ccc(F)cc2)cc1C(F)(F)F. The Hall–Kier alpha value is -1.91. The highest BCUT2D eigenvalue weighted by Crippen LogP contribution is 2.32. The fraction of sp³-hybridized carbons (Fsp3) is 0.267. The quantitative estimate of drug-likeness (QED) is 0.761. The molecule has 0 spiro atoms. The van der Waals surface area contributed by atoms with Crippen molar-refractivity contribution in [3.63, 3.8) is 0 Å². The molecule has 0 saturated carbocycles. The predicted molar refractivity (Wildman–Crippen MR) is 67.8 cm³/mol. The minimum atomic E-state index is -4.41. The fourth-order valence-corrected chi connectivity index (χ4v) is 2.00. The molecule has 5 heteroatoms. The minimum absolute atomic E-state index is 0.0420. The van der Waals surface area contributed by atoms with Crippen LogP contribution in [0.5, 0.6) is 0 Å². The Morgan fingerprint density at radius 3 is 2.25 bits per heavy atom. The summed E-state index contributed by atoms with van der Waals surface area (Å²) in [5, 5.41) is 0. The summed E-state index contributed by atoms with van der Waals surface area (Å²) in [5.41, 5.74) is 0.548. The van der Waals surface area contributed by atoms with Crippen molar-refractivity contribution in [1.82, 2.24) is 4.98 Å². The zero-order chi connectivity index (χ0) is 14.8. The van der Waals surface area contributed by atoms with E-state index in [0.29, 0.717) is 12.0 Å². The molecule has 1 aromatic carbocycles. The number of rotatable bonds is 3. The summed E-state index contributed by atoms with van der Waals surface area (Å²) < 4.78 is 51.5. The molecule has 0 aliphatic rings. The van der Waals surface area contributed by atoms with Crippen LogP contribution in [0.1, 0.15) is 29.3 Å². The Balaban J connectivity index is 2.31. The van der Waals surface area contributed by atoms with Crippen LogP contribution in [0.3, 0.4) is 0 Å². The van der Waals surface area contributed by atoms with Crippen molar-refractivity contribution >= 4 is 0 Å². The third kappa shape index (κ3) is 3.35. The van der Waals surface area contributed by atoms with Crippen molar-refractivity contribution in [2.75, 3.05) is 0 Å². The van der Waals surface area contributed by atoms with Gasteiger partial charge < -0.3 is 0 Å². The van der Waals surface area contributed by atoms with Crippen molar-refractivity contribution in [2.45, 2.75) is 25.9 Å². The lowest BCUT2D eigenvalue weighted by Crippen LogP contribution is -2.11. The molecular weight excluding hydrogens is 270 g/mol. The average molecular weight is 283 g/mol. The molecule has 0 saturated heterocycles. The fourth-order valence-electron chi connectivity index (χ4n) is 2.00. The second-order valence-corrected chi connectivity index (χ2v) is 4.49. The first-order valence-electron chi connectivity index (χ1n) is 6.19. The highest BCUT2D eigenvalue weighted by Gasteiger charge is 2.33. The maximum Gasteiger partial charge on any atom is 0.418 e. The molecule has 0 atom stereocenters. The number of alkyl halides is 3. The molecule has 0 radical (unpaired) electrons. The van der Waals surface area contributed by atoms with E-state index in [1.165, 1.54) is 18.3 Å². The second-order valence-electron chi connectivity index (χ2n) is 4.49. The summed E-state index contributed by atoms with van der Waals surface area (Å²) in [4.78, 5) is 3.88. The number of aryl methyl sites for hydroxylation is 1. The van der Waals surface area contributed by atoms with Crippen molar-refractivity contribution in [2.24, 2.45) is 0 Å². The van der Waals surface area contributed by atoms with Gasteiger partial charge in [0.2, 0.25) is 0 Å². The van der Waals surface area contributed by atoms with Crippen LogP contribution in [0.25, 0.3) is 0 Å². The van der Waals surface area contributed by atoms with Crippen molar-refractivity contribution in [3.8, 4) is 0 Å². The van der Waals surface area contributed by atoms with E-state index >= 15 is 0 Å². The third-order valence-electron chi connectivity index (χ3n) is 2.99. The van der Waals surface area contributed by atoms with E-state index in [0.717, 1.165) is 11.6 Å². The van der Waals surface area contributed by atoms with Crippen LogP contribution >= 0.6 is 0 Å². The van der Waals surface area contributed by atoms with Gasteiger partial charge >= 0.3 is 6.18 Å². The number of aromatic nitrogens is 1. The molecule has 106 valence electrons. The monoisotopic (exact) mass is 283 g/mol. The van der Waals surface area contributed by atoms with Gasteiger partial charge in [0.15, 0.2) is 0 Å². The van der Waals surface area contributed by atoms with Crippen LogP contribution < -0.4 is 0 Å². The van der Waals surface area contributed by atoms with E-state index in [2.05, 4.69) is 4.98 Å². The lowest BCUT2D eigenvalue weighted by Gasteiger charge is -2.12. The molecule has 0 unspecified atom stereocenters. The third-order valence-corrected chi connectivity index (χ3v) is 2.99. The van der Waals surface area contributed by atoms with E-state index in [9.17, 15) is 17.6 Å². The maximum absolute atomic E-state index is 12.9. The highest BCUT2D eigenvalue weighted by molar-refractivity contribution is 5.32. The standard InChI is InChI=1S/C15H13F4N/c1-2-14-13(15(17,18)19)8-11(9-20-14)7-10-3-5-12(16)6-4-10/h3-6,8-9H,2,7H2,1H3. The normalized spacial score (nSPS) is 11.7. The van der Waals surface area contributed by atoms with E-state index in [1.54, 1.807) is 19.1 Å². The van der Waals surface area contributed by atoms with Gasteiger partial charge in [-0.2, -0.15) is 13.2 Å². The Morgan fingerprint density at radius 1 is 1.05 bits per heavy atom. The topological polar surface area (TPSA) is 12.9 Å². The molecule has 0 amide bonds. The lowest BCUT2D eigenvalue weighted by molar-refractivity contribution is -0.138. The van der Waals surface area contributed by atoms with Gasteiger partial charge in [-0.25, -0.2) is 4.39 Å². The van der Waals surface area contributed by atoms with Gasteiger partial charge in [-0.1, -0.05) is 19.1 Å². The van der Waals surface area contributed by atoms with Gasteiger partial charge in [0.05, 0.1) is 11.3 Å². The molecule has 0 aliphatic carbocycles. The lowest BCUT2D eigenvalue weighted by atomic mass is 10.0. The summed E-state index contributed by atoms with van der Waals surface area (Å²) in [6.07, 6.45) is -2.44. The van der Waals surface area contributed by atoms with E-state index in [4.69, 9.17) is 0 Å². The van der Waals surface area contributed by atoms with Gasteiger partial charge in [-0.05, 0) is 42.2 Å². The Morgan fingerprint density at radius 2 is 1.70 bits per heavy atom. The van der Waals surface area contributed by atoms with Gasteiger partial charge in [0, 0.05) is 6.20 Å². The van der Waals surface area contributed by atoms with Gasteiger partial charge in [0.25, 0.3) is 0 Å². The number of hydrogen-bond acceptors (Lipinski definition) is 1. The second kappa shape index (κ2) is 5.61. The van der Waals surface area contributed by atoms with Crippen LogP contribution in [0.15, 0.2) is 36.5 Å². The van der Waals surface area contributed by atoms with Gasteiger partial charge in [-0.15, -0.1) is 0 Å². The summed E-state index contributed by atoms with van der Waals surface area (Å²) in [6.45, 7) is 1.64. The Bertz CT molecular complexity index is 588. The average Bonchev–Trinajstić information content (AvgIpc) is 2.40. The first-order valence-corrected chi connectivity index (χ1v) is 6.19. The number of pyridine rings is 1. The minimum Gasteiger partial charge on any atom is -0.260 e. The Kier molecular flexibility index (Phi) is 4.06. The molecule has 0 aliphatic heterocycles. The zero-order valence-electron chi connectivity index (χ0n) is 10.8. The van der Waals surface area contributed by atoms with Gasteiger partial charge in [-0.3, -0.25) is 4.98 Å². The van der Waals surface area contributed by atoms with Crippen LogP contribution in [0.4, 0.5) is 17.6 Å². The van der Waals surface area contributed by atoms with Crippen LogP contribution in [0.2, 0.25) is 0 Å². The summed E-state index contributed by atoms with van der Waals surface area (Å²) in [7, 11) is 0. The van der Waals surface area contributed by atoms with E-state index in [-0.39, 0.29) is 17.9 Å². The summed E-state index contributed by atoms with van der Waals surface area (Å²) >= 11 is 0. The van der Waals surface area contributed by atoms with E-state index < -0.39 is 11.7 Å². The summed E-state index contributed by atoms with van der Waals surface area (Å²) in [5.74, 6) is -0.371. The molecular formula is C15H13F4N. The molecule has 2 rings (SSSR count). The van der Waals surface area contributed by atoms with Crippen LogP contribution in [-0.2, 0) is 19.0 Å². The van der Waals surface area contributed by atoms with Crippen molar-refractivity contribution in [1.29, 1.82) is 0 Å². The molecule has 1 nitrogen and oxygen atoms in total. The Labute approximate surface area is 114 Å². The maximum atomic E-state index is 12.9. The molecule has 20 heavy (non-hydrogen) atoms. The van der Waals surface area contributed by atoms with Crippen molar-refractivity contribution < 1.29 is 17.6 Å². The first-order chi connectivity index (χ1) is 9.40. The van der Waals surface area contributed by atoms with Gasteiger partial charge in [0.1, 0.15) is 5.82 Å². The van der Waals surface area contributed by atoms with Crippen LogP contribution in [-0.4, -0.2) is 4.98 Å². The zero-order valence-corrected chi connectivity index (χ0v) is 10.8.